The van der Waals surface area contributed by atoms with E-state index in [1.807, 2.05) is 60.1 Å². The summed E-state index contributed by atoms with van der Waals surface area (Å²) in [6, 6.07) is 23.1. The van der Waals surface area contributed by atoms with Gasteiger partial charge in [-0.1, -0.05) is 12.1 Å². The fourth-order valence-corrected chi connectivity index (χ4v) is 13.0. The minimum atomic E-state index is -3.72. The van der Waals surface area contributed by atoms with E-state index in [-0.39, 0.29) is 48.1 Å². The van der Waals surface area contributed by atoms with Gasteiger partial charge in [0.25, 0.3) is 6.47 Å². The number of aromatic nitrogens is 4. The molecule has 2 N–H and O–H groups in total. The summed E-state index contributed by atoms with van der Waals surface area (Å²) in [6.07, 6.45) is 12.9. The van der Waals surface area contributed by atoms with Gasteiger partial charge in [0.1, 0.15) is 23.9 Å². The summed E-state index contributed by atoms with van der Waals surface area (Å²) < 4.78 is 72.8. The van der Waals surface area contributed by atoms with Crippen LogP contribution < -0.4 is 25.0 Å². The van der Waals surface area contributed by atoms with Gasteiger partial charge in [0.05, 0.1) is 48.1 Å². The first-order valence-electron chi connectivity index (χ1n) is 25.8. The van der Waals surface area contributed by atoms with Gasteiger partial charge in [0.15, 0.2) is 0 Å². The Morgan fingerprint density at radius 2 is 1.04 bits per heavy atom. The number of nitrogen functional groups attached to an aromatic ring is 1. The number of ketones is 1. The number of hydrogen-bond acceptors (Lipinski definition) is 14. The van der Waals surface area contributed by atoms with E-state index in [0.717, 1.165) is 60.3 Å². The predicted molar refractivity (Wildman–Crippen MR) is 302 cm³/mol. The van der Waals surface area contributed by atoms with Crippen LogP contribution in [0, 0.1) is 27.7 Å². The molecule has 0 bridgehead atoms. The molecule has 0 aliphatic carbocycles. The van der Waals surface area contributed by atoms with Crippen molar-refractivity contribution in [2.45, 2.75) is 87.8 Å². The van der Waals surface area contributed by atoms with Crippen molar-refractivity contribution in [2.75, 3.05) is 89.7 Å². The first-order valence-corrected chi connectivity index (χ1v) is 28.7. The van der Waals surface area contributed by atoms with E-state index < -0.39 is 20.0 Å². The molecule has 4 heterocycles. The topological polar surface area (TPSA) is 205 Å². The van der Waals surface area contributed by atoms with Crippen molar-refractivity contribution < 1.29 is 40.6 Å². The summed E-state index contributed by atoms with van der Waals surface area (Å²) in [4.78, 5) is 37.1. The van der Waals surface area contributed by atoms with Gasteiger partial charge in [-0.05, 0) is 142 Å². The van der Waals surface area contributed by atoms with E-state index in [1.54, 1.807) is 59.1 Å². The Morgan fingerprint density at radius 3 is 1.40 bits per heavy atom. The van der Waals surface area contributed by atoms with Crippen molar-refractivity contribution in [3.05, 3.63) is 137 Å². The fraction of sp³-hybridized carbons (Fsp3) is 0.439. The smallest absolute Gasteiger partial charge is 0.293 e. The minimum absolute atomic E-state index is 0.0131. The third-order valence-electron chi connectivity index (χ3n) is 14.2. The van der Waals surface area contributed by atoms with E-state index in [1.165, 1.54) is 55.4 Å². The van der Waals surface area contributed by atoms with Crippen LogP contribution in [0.3, 0.4) is 0 Å². The van der Waals surface area contributed by atoms with Crippen LogP contribution in [-0.4, -0.2) is 131 Å². The maximum Gasteiger partial charge on any atom is 0.293 e. The maximum absolute atomic E-state index is 13.2. The molecule has 0 spiro atoms. The van der Waals surface area contributed by atoms with Gasteiger partial charge in [0, 0.05) is 122 Å². The number of nitrogens with two attached hydrogens (primary N) is 1. The fourth-order valence-electron chi connectivity index (χ4n) is 9.91. The summed E-state index contributed by atoms with van der Waals surface area (Å²) in [5.41, 5.74) is 14.8. The molecule has 2 aliphatic rings. The average Bonchev–Trinajstić information content (AvgIpc) is 4.06. The third-order valence-corrected chi connectivity index (χ3v) is 18.5. The van der Waals surface area contributed by atoms with Crippen LogP contribution in [0.2, 0.25) is 0 Å². The maximum atomic E-state index is 13.2. The molecule has 0 unspecified atom stereocenters. The zero-order chi connectivity index (χ0) is 56.0. The predicted octanol–water partition coefficient (Wildman–Crippen LogP) is 7.74. The Bertz CT molecular complexity index is 3080. The van der Waals surface area contributed by atoms with Crippen molar-refractivity contribution in [3.63, 3.8) is 0 Å². The molecule has 6 aromatic rings. The number of piperidine rings is 2. The van der Waals surface area contributed by atoms with Crippen molar-refractivity contribution >= 4 is 49.4 Å². The number of hydrogen-bond donors (Lipinski definition) is 1. The lowest BCUT2D eigenvalue weighted by Gasteiger charge is -2.33. The summed E-state index contributed by atoms with van der Waals surface area (Å²) in [7, 11) is 2.75. The zero-order valence-corrected chi connectivity index (χ0v) is 47.9. The number of carbonyl (C=O) groups is 2. The van der Waals surface area contributed by atoms with E-state index in [9.17, 15) is 26.4 Å². The SMILES string of the molecule is COc1cc(C)c(S(=O)(=O)N(C)CCC(=O)Cc2ccc(N3CCC(c4cn(C)cn4)CC3)cc2)c(C)c1.COc1cc(C)c(S(=O)(=O)N(C)CCOC=O)c(C)c1.Cn1cnc(C2CCN(c3ccc(N)cc3)CC2)c1. The van der Waals surface area contributed by atoms with Crippen molar-refractivity contribution in [3.8, 4) is 11.5 Å². The highest BCUT2D eigenvalue weighted by atomic mass is 32.2. The van der Waals surface area contributed by atoms with Gasteiger partial charge >= 0.3 is 0 Å². The van der Waals surface area contributed by atoms with Crippen LogP contribution in [-0.2, 0) is 54.9 Å². The van der Waals surface area contributed by atoms with Gasteiger partial charge in [-0.2, -0.15) is 4.31 Å². The molecule has 0 radical (unpaired) electrons. The number of likely N-dealkylation sites (N-methyl/N-ethyl adjacent to an activating group) is 1. The number of sulfonamides is 2. The van der Waals surface area contributed by atoms with Gasteiger partial charge in [-0.25, -0.2) is 31.1 Å². The van der Waals surface area contributed by atoms with Gasteiger partial charge in [0.2, 0.25) is 20.0 Å². The highest BCUT2D eigenvalue weighted by molar-refractivity contribution is 7.89. The molecule has 2 fully saturated rings. The Kier molecular flexibility index (Phi) is 20.9. The standard InChI is InChI=1S/C29H38N4O4S.C15H20N4.C13H19NO5S/c1-21-16-27(37-5)17-22(2)29(21)38(35,36)32(4)13-12-26(34)18-23-6-8-25(9-7-23)33-14-10-24(11-15-33)28-19-31(3)20-30-28;1-18-10-15(17-11-18)12-6-8-19(9-7-12)14-4-2-13(16)3-5-14;1-10-7-12(18-4)8-11(2)13(10)20(16,17)14(3)5-6-19-9-15/h6-9,16-17,19-20,24H,10-15,18H2,1-5H3;2-5,10-12H,6-9,16H2,1H3;7-9H,5-6H2,1-4H3. The molecule has 18 nitrogen and oxygen atoms in total. The van der Waals surface area contributed by atoms with Crippen molar-refractivity contribution in [1.29, 1.82) is 0 Å². The second-order valence-electron chi connectivity index (χ2n) is 20.0. The third kappa shape index (κ3) is 15.7. The molecule has 2 aliphatic heterocycles. The molecule has 0 amide bonds. The number of Topliss-reactive ketones (excluding diaryl/α,β-unsaturated/α-hetero) is 1. The number of anilines is 3. The molecule has 4 aromatic carbocycles. The lowest BCUT2D eigenvalue weighted by Crippen LogP contribution is -2.32. The van der Waals surface area contributed by atoms with Crippen LogP contribution in [0.25, 0.3) is 0 Å². The number of aryl methyl sites for hydroxylation is 6. The molecule has 0 saturated carbocycles. The van der Waals surface area contributed by atoms with Crippen LogP contribution >= 0.6 is 0 Å². The number of rotatable bonds is 19. The molecular weight excluding hydrogens is 1020 g/mol. The number of carbonyl (C=O) groups excluding carboxylic acids is 2. The number of nitrogens with zero attached hydrogens (tertiary/aromatic N) is 8. The molecule has 20 heteroatoms. The molecule has 0 atom stereocenters. The molecule has 8 rings (SSSR count). The van der Waals surface area contributed by atoms with Crippen LogP contribution in [0.5, 0.6) is 11.5 Å². The molecular formula is C57H77N9O9S2. The first-order chi connectivity index (χ1) is 36.6. The lowest BCUT2D eigenvalue weighted by atomic mass is 9.93. The lowest BCUT2D eigenvalue weighted by molar-refractivity contribution is -0.128. The molecule has 416 valence electrons. The van der Waals surface area contributed by atoms with E-state index >= 15 is 0 Å². The Labute approximate surface area is 455 Å². The first kappa shape index (κ1) is 59.5. The molecule has 2 saturated heterocycles. The molecule has 77 heavy (non-hydrogen) atoms. The number of imidazole rings is 2. The van der Waals surface area contributed by atoms with Gasteiger partial charge < -0.3 is 38.9 Å². The zero-order valence-electron chi connectivity index (χ0n) is 46.3. The minimum Gasteiger partial charge on any atom is -0.497 e. The van der Waals surface area contributed by atoms with Crippen LogP contribution in [0.4, 0.5) is 17.1 Å². The van der Waals surface area contributed by atoms with E-state index in [0.29, 0.717) is 52.1 Å². The Morgan fingerprint density at radius 1 is 0.649 bits per heavy atom. The van der Waals surface area contributed by atoms with Gasteiger partial charge in [-0.15, -0.1) is 0 Å². The molecule has 2 aromatic heterocycles. The Hall–Kier alpha value is -6.74. The van der Waals surface area contributed by atoms with Crippen LogP contribution in [0.15, 0.2) is 108 Å². The summed E-state index contributed by atoms with van der Waals surface area (Å²) in [5, 5.41) is 0. The van der Waals surface area contributed by atoms with E-state index in [4.69, 9.17) is 15.2 Å². The largest absolute Gasteiger partial charge is 0.497 e. The van der Waals surface area contributed by atoms with Crippen LogP contribution in [0.1, 0.15) is 83.1 Å². The normalized spacial score (nSPS) is 14.4. The summed E-state index contributed by atoms with van der Waals surface area (Å²) in [5.74, 6) is 2.36. The monoisotopic (exact) mass is 1100 g/mol. The second kappa shape index (κ2) is 27.0. The quantitative estimate of drug-likeness (QED) is 0.0468. The van der Waals surface area contributed by atoms with Gasteiger partial charge in [-0.3, -0.25) is 9.59 Å². The number of ether oxygens (including phenoxy) is 3. The average molecular weight is 1100 g/mol. The number of benzene rings is 4. The summed E-state index contributed by atoms with van der Waals surface area (Å²) >= 11 is 0. The van der Waals surface area contributed by atoms with Crippen molar-refractivity contribution in [2.24, 2.45) is 14.1 Å². The highest BCUT2D eigenvalue weighted by Gasteiger charge is 2.28. The van der Waals surface area contributed by atoms with E-state index in [2.05, 4.69) is 61.2 Å². The summed E-state index contributed by atoms with van der Waals surface area (Å²) in [6.45, 7) is 11.6. The number of methoxy groups -OCH3 is 2. The highest BCUT2D eigenvalue weighted by Crippen LogP contribution is 2.33. The second-order valence-corrected chi connectivity index (χ2v) is 23.9. The van der Waals surface area contributed by atoms with Crippen molar-refractivity contribution in [1.82, 2.24) is 27.7 Å². The Balaban J connectivity index is 0.000000207.